The lowest BCUT2D eigenvalue weighted by molar-refractivity contribution is 0.475. The summed E-state index contributed by atoms with van der Waals surface area (Å²) in [7, 11) is 0. The maximum atomic E-state index is 9.54. The molecule has 0 atom stereocenters. The van der Waals surface area contributed by atoms with E-state index in [-0.39, 0.29) is 5.75 Å². The molecule has 3 heteroatoms. The Morgan fingerprint density at radius 3 is 2.41 bits per heavy atom. The van der Waals surface area contributed by atoms with Crippen LogP contribution in [0, 0.1) is 18.3 Å². The fourth-order valence-corrected chi connectivity index (χ4v) is 2.04. The smallest absolute Gasteiger partial charge is 0.117 e. The van der Waals surface area contributed by atoms with Gasteiger partial charge in [0.05, 0.1) is 11.6 Å². The molecule has 0 aliphatic carbocycles. The number of nitrogens with zero attached hydrogens (tertiary/aromatic N) is 1. The summed E-state index contributed by atoms with van der Waals surface area (Å²) in [6.45, 7) is 1.95. The molecule has 0 radical (unpaired) electrons. The van der Waals surface area contributed by atoms with Crippen LogP contribution in [0.25, 0.3) is 11.1 Å². The van der Waals surface area contributed by atoms with Crippen molar-refractivity contribution in [2.75, 3.05) is 0 Å². The van der Waals surface area contributed by atoms with Gasteiger partial charge < -0.3 is 5.11 Å². The number of benzene rings is 2. The standard InChI is InChI=1S/C14H10ClNO/c1-9-2-11(6-13(15)3-9)12-4-10(8-16)5-14(17)7-12/h2-7,17H,1H3. The van der Waals surface area contributed by atoms with E-state index in [1.807, 2.05) is 31.2 Å². The average Bonchev–Trinajstić information content (AvgIpc) is 2.26. The molecule has 0 spiro atoms. The second-order valence-electron chi connectivity index (χ2n) is 3.90. The van der Waals surface area contributed by atoms with Gasteiger partial charge in [0.2, 0.25) is 0 Å². The van der Waals surface area contributed by atoms with Gasteiger partial charge in [0, 0.05) is 5.02 Å². The number of nitriles is 1. The second-order valence-corrected chi connectivity index (χ2v) is 4.33. The average molecular weight is 244 g/mol. The summed E-state index contributed by atoms with van der Waals surface area (Å²) >= 11 is 5.99. The molecule has 2 rings (SSSR count). The number of hydrogen-bond donors (Lipinski definition) is 1. The Kier molecular flexibility index (Phi) is 3.03. The highest BCUT2D eigenvalue weighted by Crippen LogP contribution is 2.28. The largest absolute Gasteiger partial charge is 0.508 e. The Bertz CT molecular complexity index is 594. The number of halogens is 1. The van der Waals surface area contributed by atoms with E-state index < -0.39 is 0 Å². The maximum absolute atomic E-state index is 9.54. The second kappa shape index (κ2) is 4.48. The van der Waals surface area contributed by atoms with Crippen LogP contribution in [-0.4, -0.2) is 5.11 Å². The van der Waals surface area contributed by atoms with Gasteiger partial charge in [-0.2, -0.15) is 5.26 Å². The zero-order valence-corrected chi connectivity index (χ0v) is 9.99. The molecular weight excluding hydrogens is 234 g/mol. The Morgan fingerprint density at radius 1 is 1.06 bits per heavy atom. The number of rotatable bonds is 1. The zero-order valence-electron chi connectivity index (χ0n) is 9.24. The topological polar surface area (TPSA) is 44.0 Å². The van der Waals surface area contributed by atoms with Crippen LogP contribution in [-0.2, 0) is 0 Å². The molecular formula is C14H10ClNO. The summed E-state index contributed by atoms with van der Waals surface area (Å²) in [6.07, 6.45) is 0. The van der Waals surface area contributed by atoms with Gasteiger partial charge in [0.15, 0.2) is 0 Å². The molecule has 2 aromatic carbocycles. The van der Waals surface area contributed by atoms with Crippen molar-refractivity contribution in [2.24, 2.45) is 0 Å². The maximum Gasteiger partial charge on any atom is 0.117 e. The Hall–Kier alpha value is -1.98. The highest BCUT2D eigenvalue weighted by molar-refractivity contribution is 6.30. The van der Waals surface area contributed by atoms with Gasteiger partial charge in [-0.15, -0.1) is 0 Å². The van der Waals surface area contributed by atoms with Crippen molar-refractivity contribution in [3.05, 3.63) is 52.5 Å². The fraction of sp³-hybridized carbons (Fsp3) is 0.0714. The van der Waals surface area contributed by atoms with Gasteiger partial charge in [0.1, 0.15) is 5.75 Å². The Balaban J connectivity index is 2.60. The number of aromatic hydroxyl groups is 1. The fourth-order valence-electron chi connectivity index (χ4n) is 1.75. The number of phenolic OH excluding ortho intramolecular Hbond substituents is 1. The third-order valence-corrected chi connectivity index (χ3v) is 2.64. The van der Waals surface area contributed by atoms with Crippen LogP contribution in [0.1, 0.15) is 11.1 Å². The third kappa shape index (κ3) is 2.58. The summed E-state index contributed by atoms with van der Waals surface area (Å²) in [4.78, 5) is 0. The molecule has 84 valence electrons. The van der Waals surface area contributed by atoms with Crippen molar-refractivity contribution in [1.29, 1.82) is 5.26 Å². The van der Waals surface area contributed by atoms with E-state index in [1.165, 1.54) is 6.07 Å². The van der Waals surface area contributed by atoms with Crippen LogP contribution in [0.2, 0.25) is 5.02 Å². The highest BCUT2D eigenvalue weighted by atomic mass is 35.5. The molecule has 17 heavy (non-hydrogen) atoms. The van der Waals surface area contributed by atoms with Crippen LogP contribution in [0.15, 0.2) is 36.4 Å². The predicted octanol–water partition coefficient (Wildman–Crippen LogP) is 3.89. The molecule has 0 aliphatic heterocycles. The normalized spacial score (nSPS) is 9.94. The first-order chi connectivity index (χ1) is 8.08. The van der Waals surface area contributed by atoms with Crippen molar-refractivity contribution >= 4 is 11.6 Å². The molecule has 0 saturated heterocycles. The number of aryl methyl sites for hydroxylation is 1. The Labute approximate surface area is 105 Å². The van der Waals surface area contributed by atoms with E-state index in [0.29, 0.717) is 10.6 Å². The van der Waals surface area contributed by atoms with E-state index in [2.05, 4.69) is 0 Å². The van der Waals surface area contributed by atoms with Crippen molar-refractivity contribution in [2.45, 2.75) is 6.92 Å². The van der Waals surface area contributed by atoms with E-state index in [0.717, 1.165) is 16.7 Å². The monoisotopic (exact) mass is 243 g/mol. The van der Waals surface area contributed by atoms with Gasteiger partial charge in [-0.05, 0) is 53.9 Å². The SMILES string of the molecule is Cc1cc(Cl)cc(-c2cc(O)cc(C#N)c2)c1. The Morgan fingerprint density at radius 2 is 1.76 bits per heavy atom. The summed E-state index contributed by atoms with van der Waals surface area (Å²) in [6, 6.07) is 12.4. The number of hydrogen-bond acceptors (Lipinski definition) is 2. The molecule has 0 unspecified atom stereocenters. The van der Waals surface area contributed by atoms with E-state index in [1.54, 1.807) is 12.1 Å². The van der Waals surface area contributed by atoms with E-state index >= 15 is 0 Å². The molecule has 0 fully saturated rings. The van der Waals surface area contributed by atoms with Crippen LogP contribution < -0.4 is 0 Å². The minimum absolute atomic E-state index is 0.0803. The minimum atomic E-state index is 0.0803. The van der Waals surface area contributed by atoms with Gasteiger partial charge in [-0.3, -0.25) is 0 Å². The van der Waals surface area contributed by atoms with Crippen LogP contribution in [0.5, 0.6) is 5.75 Å². The molecule has 2 nitrogen and oxygen atoms in total. The predicted molar refractivity (Wildman–Crippen MR) is 68.0 cm³/mol. The molecule has 1 N–H and O–H groups in total. The van der Waals surface area contributed by atoms with E-state index in [9.17, 15) is 5.11 Å². The van der Waals surface area contributed by atoms with Gasteiger partial charge in [-0.25, -0.2) is 0 Å². The van der Waals surface area contributed by atoms with Gasteiger partial charge in [-0.1, -0.05) is 17.7 Å². The lowest BCUT2D eigenvalue weighted by Crippen LogP contribution is -1.83. The lowest BCUT2D eigenvalue weighted by Gasteiger charge is -2.05. The minimum Gasteiger partial charge on any atom is -0.508 e. The van der Waals surface area contributed by atoms with Crippen LogP contribution >= 0.6 is 11.6 Å². The summed E-state index contributed by atoms with van der Waals surface area (Å²) in [5.74, 6) is 0.0803. The zero-order chi connectivity index (χ0) is 12.4. The summed E-state index contributed by atoms with van der Waals surface area (Å²) < 4.78 is 0. The van der Waals surface area contributed by atoms with Crippen LogP contribution in [0.4, 0.5) is 0 Å². The van der Waals surface area contributed by atoms with Crippen molar-refractivity contribution in [1.82, 2.24) is 0 Å². The molecule has 0 bridgehead atoms. The number of phenols is 1. The molecule has 0 aliphatic rings. The summed E-state index contributed by atoms with van der Waals surface area (Å²) in [5, 5.41) is 19.0. The first kappa shape index (κ1) is 11.5. The van der Waals surface area contributed by atoms with Gasteiger partial charge in [0.25, 0.3) is 0 Å². The van der Waals surface area contributed by atoms with Crippen LogP contribution in [0.3, 0.4) is 0 Å². The van der Waals surface area contributed by atoms with Crippen molar-refractivity contribution in [3.63, 3.8) is 0 Å². The molecule has 0 saturated carbocycles. The molecule has 2 aromatic rings. The lowest BCUT2D eigenvalue weighted by atomic mass is 10.0. The van der Waals surface area contributed by atoms with Crippen molar-refractivity contribution < 1.29 is 5.11 Å². The quantitative estimate of drug-likeness (QED) is 0.826. The first-order valence-electron chi connectivity index (χ1n) is 5.10. The first-order valence-corrected chi connectivity index (χ1v) is 5.48. The molecule has 0 amide bonds. The molecule has 0 aromatic heterocycles. The van der Waals surface area contributed by atoms with Gasteiger partial charge >= 0.3 is 0 Å². The highest BCUT2D eigenvalue weighted by Gasteiger charge is 2.04. The molecule has 0 heterocycles. The van der Waals surface area contributed by atoms with Crippen molar-refractivity contribution in [3.8, 4) is 22.9 Å². The van der Waals surface area contributed by atoms with E-state index in [4.69, 9.17) is 16.9 Å². The third-order valence-electron chi connectivity index (χ3n) is 2.42. The summed E-state index contributed by atoms with van der Waals surface area (Å²) in [5.41, 5.74) is 3.14.